The topological polar surface area (TPSA) is 67.4 Å². The van der Waals surface area contributed by atoms with Crippen LogP contribution in [0.3, 0.4) is 0 Å². The quantitative estimate of drug-likeness (QED) is 0.405. The van der Waals surface area contributed by atoms with Crippen molar-refractivity contribution in [1.29, 1.82) is 0 Å². The lowest BCUT2D eigenvalue weighted by molar-refractivity contribution is -0.114. The summed E-state index contributed by atoms with van der Waals surface area (Å²) in [7, 11) is 0. The van der Waals surface area contributed by atoms with Crippen LogP contribution >= 0.6 is 11.8 Å². The molecule has 148 valence electrons. The summed E-state index contributed by atoms with van der Waals surface area (Å²) in [5.74, 6) is 1.24. The molecular weight excluding hydrogens is 384 g/mol. The third kappa shape index (κ3) is 6.69. The number of ether oxygens (including phenoxy) is 1. The molecule has 0 saturated heterocycles. The maximum atomic E-state index is 12.4. The van der Waals surface area contributed by atoms with Crippen LogP contribution in [-0.4, -0.2) is 24.2 Å². The van der Waals surface area contributed by atoms with Gasteiger partial charge in [0.2, 0.25) is 5.91 Å². The fourth-order valence-corrected chi connectivity index (χ4v) is 3.33. The Hall–Kier alpha value is -3.25. The first-order valence-electron chi connectivity index (χ1n) is 9.20. The van der Waals surface area contributed by atoms with Crippen LogP contribution in [-0.2, 0) is 4.79 Å². The van der Waals surface area contributed by atoms with Gasteiger partial charge in [-0.15, -0.1) is 11.8 Å². The smallest absolute Gasteiger partial charge is 0.255 e. The lowest BCUT2D eigenvalue weighted by Crippen LogP contribution is -2.12. The highest BCUT2D eigenvalue weighted by Crippen LogP contribution is 2.19. The lowest BCUT2D eigenvalue weighted by atomic mass is 10.2. The van der Waals surface area contributed by atoms with Crippen LogP contribution in [0.15, 0.2) is 83.8 Å². The number of hydrogen-bond acceptors (Lipinski definition) is 4. The second-order valence-electron chi connectivity index (χ2n) is 6.25. The van der Waals surface area contributed by atoms with Crippen molar-refractivity contribution < 1.29 is 14.3 Å². The van der Waals surface area contributed by atoms with Crippen molar-refractivity contribution in [2.45, 2.75) is 11.8 Å². The number of carbonyl (C=O) groups excluding carboxylic acids is 2. The van der Waals surface area contributed by atoms with Crippen LogP contribution in [0.25, 0.3) is 0 Å². The molecule has 0 fully saturated rings. The highest BCUT2D eigenvalue weighted by Gasteiger charge is 2.07. The molecule has 3 rings (SSSR count). The van der Waals surface area contributed by atoms with Gasteiger partial charge in [0.15, 0.2) is 0 Å². The number of carbonyl (C=O) groups is 2. The molecule has 0 heterocycles. The standard InChI is InChI=1S/C23H22N2O3S/c1-17(26)24-19-9-11-20(12-10-19)25-23(27)18-7-13-21(14-8-18)28-15-16-29-22-5-3-2-4-6-22/h2-14H,15-16H2,1H3,(H,24,26)(H,25,27). The molecule has 5 nitrogen and oxygen atoms in total. The minimum atomic E-state index is -0.205. The van der Waals surface area contributed by atoms with Gasteiger partial charge in [-0.05, 0) is 60.7 Å². The number of amides is 2. The molecule has 6 heteroatoms. The van der Waals surface area contributed by atoms with Gasteiger partial charge in [0, 0.05) is 34.5 Å². The lowest BCUT2D eigenvalue weighted by Gasteiger charge is -2.09. The first-order chi connectivity index (χ1) is 14.1. The van der Waals surface area contributed by atoms with E-state index in [1.807, 2.05) is 18.2 Å². The van der Waals surface area contributed by atoms with Gasteiger partial charge >= 0.3 is 0 Å². The fourth-order valence-electron chi connectivity index (χ4n) is 2.58. The normalized spacial score (nSPS) is 10.2. The fraction of sp³-hybridized carbons (Fsp3) is 0.130. The molecular formula is C23H22N2O3S. The zero-order chi connectivity index (χ0) is 20.5. The summed E-state index contributed by atoms with van der Waals surface area (Å²) in [6.07, 6.45) is 0. The Bertz CT molecular complexity index is 942. The molecule has 0 atom stereocenters. The molecule has 3 aromatic rings. The number of thioether (sulfide) groups is 1. The second kappa shape index (κ2) is 10.3. The molecule has 0 spiro atoms. The average molecular weight is 407 g/mol. The average Bonchev–Trinajstić information content (AvgIpc) is 2.73. The molecule has 2 amide bonds. The number of anilines is 2. The van der Waals surface area contributed by atoms with Crippen molar-refractivity contribution in [3.63, 3.8) is 0 Å². The summed E-state index contributed by atoms with van der Waals surface area (Å²) in [4.78, 5) is 24.6. The molecule has 0 saturated carbocycles. The van der Waals surface area contributed by atoms with Crippen molar-refractivity contribution in [2.75, 3.05) is 23.0 Å². The van der Waals surface area contributed by atoms with Crippen molar-refractivity contribution >= 4 is 35.0 Å². The Kier molecular flexibility index (Phi) is 7.30. The first-order valence-corrected chi connectivity index (χ1v) is 10.2. The number of hydrogen-bond donors (Lipinski definition) is 2. The monoisotopic (exact) mass is 406 g/mol. The van der Waals surface area contributed by atoms with Crippen LogP contribution in [0.1, 0.15) is 17.3 Å². The summed E-state index contributed by atoms with van der Waals surface area (Å²) < 4.78 is 5.74. The summed E-state index contributed by atoms with van der Waals surface area (Å²) in [5.41, 5.74) is 1.88. The first kappa shape index (κ1) is 20.5. The predicted octanol–water partition coefficient (Wildman–Crippen LogP) is 5.07. The Morgan fingerprint density at radius 1 is 0.828 bits per heavy atom. The van der Waals surface area contributed by atoms with Crippen LogP contribution < -0.4 is 15.4 Å². The van der Waals surface area contributed by atoms with E-state index in [1.165, 1.54) is 11.8 Å². The molecule has 3 aromatic carbocycles. The van der Waals surface area contributed by atoms with E-state index in [1.54, 1.807) is 60.3 Å². The van der Waals surface area contributed by atoms with E-state index in [9.17, 15) is 9.59 Å². The Morgan fingerprint density at radius 3 is 2.07 bits per heavy atom. The van der Waals surface area contributed by atoms with Gasteiger partial charge in [0.1, 0.15) is 5.75 Å². The van der Waals surface area contributed by atoms with Gasteiger partial charge in [-0.3, -0.25) is 9.59 Å². The molecule has 0 unspecified atom stereocenters. The SMILES string of the molecule is CC(=O)Nc1ccc(NC(=O)c2ccc(OCCSc3ccccc3)cc2)cc1. The molecule has 0 aliphatic rings. The van der Waals surface area contributed by atoms with Crippen LogP contribution in [0.2, 0.25) is 0 Å². The minimum absolute atomic E-state index is 0.136. The van der Waals surface area contributed by atoms with Gasteiger partial charge in [-0.25, -0.2) is 0 Å². The zero-order valence-corrected chi connectivity index (χ0v) is 16.9. The van der Waals surface area contributed by atoms with Gasteiger partial charge < -0.3 is 15.4 Å². The molecule has 29 heavy (non-hydrogen) atoms. The van der Waals surface area contributed by atoms with Crippen molar-refractivity contribution in [1.82, 2.24) is 0 Å². The molecule has 0 aromatic heterocycles. The Labute approximate surface area is 174 Å². The molecule has 0 radical (unpaired) electrons. The van der Waals surface area contributed by atoms with Gasteiger partial charge in [0.05, 0.1) is 6.61 Å². The Balaban J connectivity index is 1.46. The number of nitrogens with one attached hydrogen (secondary N) is 2. The maximum absolute atomic E-state index is 12.4. The molecule has 0 aliphatic carbocycles. The van der Waals surface area contributed by atoms with E-state index < -0.39 is 0 Å². The van der Waals surface area contributed by atoms with E-state index in [2.05, 4.69) is 22.8 Å². The van der Waals surface area contributed by atoms with Crippen molar-refractivity contribution in [3.05, 3.63) is 84.4 Å². The summed E-state index contributed by atoms with van der Waals surface area (Å²) in [6.45, 7) is 2.04. The van der Waals surface area contributed by atoms with Crippen LogP contribution in [0.5, 0.6) is 5.75 Å². The molecule has 2 N–H and O–H groups in total. The van der Waals surface area contributed by atoms with Crippen LogP contribution in [0.4, 0.5) is 11.4 Å². The van der Waals surface area contributed by atoms with E-state index in [-0.39, 0.29) is 11.8 Å². The predicted molar refractivity (Wildman–Crippen MR) is 118 cm³/mol. The van der Waals surface area contributed by atoms with Gasteiger partial charge in [-0.2, -0.15) is 0 Å². The highest BCUT2D eigenvalue weighted by atomic mass is 32.2. The number of benzene rings is 3. The third-order valence-corrected chi connectivity index (χ3v) is 4.92. The molecule has 0 aliphatic heterocycles. The summed E-state index contributed by atoms with van der Waals surface area (Å²) >= 11 is 1.74. The Morgan fingerprint density at radius 2 is 1.45 bits per heavy atom. The summed E-state index contributed by atoms with van der Waals surface area (Å²) in [5, 5.41) is 5.52. The van der Waals surface area contributed by atoms with Crippen LogP contribution in [0, 0.1) is 0 Å². The third-order valence-electron chi connectivity index (χ3n) is 3.94. The van der Waals surface area contributed by atoms with Crippen molar-refractivity contribution in [2.24, 2.45) is 0 Å². The minimum Gasteiger partial charge on any atom is -0.493 e. The summed E-state index contributed by atoms with van der Waals surface area (Å²) in [6, 6.07) is 24.2. The van der Waals surface area contributed by atoms with Gasteiger partial charge in [-0.1, -0.05) is 18.2 Å². The maximum Gasteiger partial charge on any atom is 0.255 e. The zero-order valence-electron chi connectivity index (χ0n) is 16.1. The largest absolute Gasteiger partial charge is 0.493 e. The number of rotatable bonds is 8. The van der Waals surface area contributed by atoms with Gasteiger partial charge in [0.25, 0.3) is 5.91 Å². The molecule has 0 bridgehead atoms. The van der Waals surface area contributed by atoms with Crippen molar-refractivity contribution in [3.8, 4) is 5.75 Å². The van der Waals surface area contributed by atoms with E-state index >= 15 is 0 Å². The van der Waals surface area contributed by atoms with E-state index in [4.69, 9.17) is 4.74 Å². The van der Waals surface area contributed by atoms with E-state index in [0.29, 0.717) is 23.5 Å². The van der Waals surface area contributed by atoms with E-state index in [0.717, 1.165) is 11.5 Å². The second-order valence-corrected chi connectivity index (χ2v) is 7.42. The highest BCUT2D eigenvalue weighted by molar-refractivity contribution is 7.99.